The van der Waals surface area contributed by atoms with Crippen LogP contribution in [0.4, 0.5) is 0 Å². The van der Waals surface area contributed by atoms with Gasteiger partial charge in [0.2, 0.25) is 0 Å². The first-order valence-corrected chi connectivity index (χ1v) is 6.77. The smallest absolute Gasteiger partial charge is 0.150 e. The summed E-state index contributed by atoms with van der Waals surface area (Å²) in [4.78, 5) is 10.9. The Morgan fingerprint density at radius 1 is 1.05 bits per heavy atom. The summed E-state index contributed by atoms with van der Waals surface area (Å²) in [5.74, 6) is 0.840. The molecule has 2 nitrogen and oxygen atoms in total. The molecule has 0 radical (unpaired) electrons. The van der Waals surface area contributed by atoms with Crippen LogP contribution in [-0.4, -0.2) is 6.29 Å². The van der Waals surface area contributed by atoms with Crippen molar-refractivity contribution in [2.45, 2.75) is 32.8 Å². The van der Waals surface area contributed by atoms with Crippen LogP contribution in [-0.2, 0) is 12.0 Å². The molecule has 2 heteroatoms. The fourth-order valence-corrected chi connectivity index (χ4v) is 2.07. The van der Waals surface area contributed by atoms with Gasteiger partial charge in [-0.15, -0.1) is 0 Å². The minimum Gasteiger partial charge on any atom is -0.489 e. The highest BCUT2D eigenvalue weighted by Crippen LogP contribution is 2.32. The Bertz CT molecular complexity index is 580. The van der Waals surface area contributed by atoms with E-state index in [-0.39, 0.29) is 5.41 Å². The van der Waals surface area contributed by atoms with E-state index >= 15 is 0 Å². The minimum atomic E-state index is -0.0644. The number of hydrogen-bond acceptors (Lipinski definition) is 2. The molecule has 20 heavy (non-hydrogen) atoms. The van der Waals surface area contributed by atoms with Gasteiger partial charge in [0.25, 0.3) is 0 Å². The van der Waals surface area contributed by atoms with Crippen LogP contribution < -0.4 is 4.74 Å². The zero-order valence-electron chi connectivity index (χ0n) is 12.2. The van der Waals surface area contributed by atoms with Crippen molar-refractivity contribution in [3.63, 3.8) is 0 Å². The molecule has 2 rings (SSSR count). The molecule has 0 bridgehead atoms. The van der Waals surface area contributed by atoms with Crippen LogP contribution in [0.1, 0.15) is 42.3 Å². The Kier molecular flexibility index (Phi) is 4.23. The molecule has 0 aliphatic carbocycles. The Hall–Kier alpha value is -2.09. The summed E-state index contributed by atoms with van der Waals surface area (Å²) in [6.07, 6.45) is 0.871. The van der Waals surface area contributed by atoms with E-state index in [4.69, 9.17) is 4.74 Å². The highest BCUT2D eigenvalue weighted by atomic mass is 16.5. The van der Waals surface area contributed by atoms with E-state index in [0.29, 0.717) is 12.2 Å². The summed E-state index contributed by atoms with van der Waals surface area (Å²) in [5, 5.41) is 0. The molecule has 0 aromatic heterocycles. The second-order valence-corrected chi connectivity index (χ2v) is 5.90. The Morgan fingerprint density at radius 3 is 2.35 bits per heavy atom. The van der Waals surface area contributed by atoms with Crippen molar-refractivity contribution in [2.75, 3.05) is 0 Å². The summed E-state index contributed by atoms with van der Waals surface area (Å²) >= 11 is 0. The van der Waals surface area contributed by atoms with Gasteiger partial charge in [0, 0.05) is 11.1 Å². The molecule has 0 N–H and O–H groups in total. The molecule has 0 aliphatic heterocycles. The number of carbonyl (C=O) groups is 1. The van der Waals surface area contributed by atoms with Crippen LogP contribution in [0.15, 0.2) is 48.5 Å². The Balaban J connectivity index is 2.25. The van der Waals surface area contributed by atoms with Crippen molar-refractivity contribution in [1.29, 1.82) is 0 Å². The van der Waals surface area contributed by atoms with Gasteiger partial charge in [-0.2, -0.15) is 0 Å². The van der Waals surface area contributed by atoms with Crippen LogP contribution in [0.2, 0.25) is 0 Å². The fourth-order valence-electron chi connectivity index (χ4n) is 2.07. The number of aldehydes is 1. The molecule has 0 amide bonds. The van der Waals surface area contributed by atoms with Gasteiger partial charge in [-0.05, 0) is 29.2 Å². The Morgan fingerprint density at radius 2 is 1.75 bits per heavy atom. The van der Waals surface area contributed by atoms with Gasteiger partial charge in [-0.3, -0.25) is 4.79 Å². The second kappa shape index (κ2) is 5.91. The lowest BCUT2D eigenvalue weighted by Gasteiger charge is -2.23. The first-order valence-electron chi connectivity index (χ1n) is 6.77. The molecule has 0 saturated heterocycles. The summed E-state index contributed by atoms with van der Waals surface area (Å²) < 4.78 is 5.93. The SMILES string of the molecule is CC(C)(C)c1cc(C=O)ccc1OCc1ccccc1. The average Bonchev–Trinajstić information content (AvgIpc) is 2.45. The largest absolute Gasteiger partial charge is 0.489 e. The third-order valence-corrected chi connectivity index (χ3v) is 3.18. The maximum absolute atomic E-state index is 10.9. The van der Waals surface area contributed by atoms with Crippen LogP contribution in [0.25, 0.3) is 0 Å². The summed E-state index contributed by atoms with van der Waals surface area (Å²) in [5.41, 5.74) is 2.80. The number of rotatable bonds is 4. The normalized spacial score (nSPS) is 11.2. The molecular formula is C18H20O2. The lowest BCUT2D eigenvalue weighted by atomic mass is 9.85. The monoisotopic (exact) mass is 268 g/mol. The lowest BCUT2D eigenvalue weighted by molar-refractivity contribution is 0.112. The predicted octanol–water partition coefficient (Wildman–Crippen LogP) is 4.38. The quantitative estimate of drug-likeness (QED) is 0.769. The van der Waals surface area contributed by atoms with Gasteiger partial charge in [0.1, 0.15) is 18.6 Å². The molecule has 0 fully saturated rings. The van der Waals surface area contributed by atoms with E-state index in [2.05, 4.69) is 20.8 Å². The van der Waals surface area contributed by atoms with Crippen LogP contribution in [0.3, 0.4) is 0 Å². The summed E-state index contributed by atoms with van der Waals surface area (Å²) in [6.45, 7) is 6.88. The van der Waals surface area contributed by atoms with Crippen molar-refractivity contribution in [2.24, 2.45) is 0 Å². The highest BCUT2D eigenvalue weighted by molar-refractivity contribution is 5.76. The van der Waals surface area contributed by atoms with Gasteiger partial charge in [0.15, 0.2) is 0 Å². The average molecular weight is 268 g/mol. The topological polar surface area (TPSA) is 26.3 Å². The molecule has 0 heterocycles. The van der Waals surface area contributed by atoms with Crippen LogP contribution >= 0.6 is 0 Å². The van der Waals surface area contributed by atoms with Gasteiger partial charge >= 0.3 is 0 Å². The van der Waals surface area contributed by atoms with E-state index in [1.54, 1.807) is 6.07 Å². The van der Waals surface area contributed by atoms with Gasteiger partial charge in [-0.25, -0.2) is 0 Å². The highest BCUT2D eigenvalue weighted by Gasteiger charge is 2.19. The van der Waals surface area contributed by atoms with E-state index in [1.807, 2.05) is 42.5 Å². The molecule has 0 unspecified atom stereocenters. The zero-order chi connectivity index (χ0) is 14.6. The summed E-state index contributed by atoms with van der Waals surface area (Å²) in [7, 11) is 0. The van der Waals surface area contributed by atoms with Crippen molar-refractivity contribution in [3.05, 3.63) is 65.2 Å². The molecule has 0 saturated carbocycles. The lowest BCUT2D eigenvalue weighted by Crippen LogP contribution is -2.14. The minimum absolute atomic E-state index is 0.0644. The van der Waals surface area contributed by atoms with Crippen LogP contribution in [0, 0.1) is 0 Å². The van der Waals surface area contributed by atoms with E-state index in [1.165, 1.54) is 0 Å². The van der Waals surface area contributed by atoms with Crippen molar-refractivity contribution < 1.29 is 9.53 Å². The predicted molar refractivity (Wildman–Crippen MR) is 81.3 cm³/mol. The fraction of sp³-hybridized carbons (Fsp3) is 0.278. The Labute approximate surface area is 120 Å². The third-order valence-electron chi connectivity index (χ3n) is 3.18. The van der Waals surface area contributed by atoms with Gasteiger partial charge in [0.05, 0.1) is 0 Å². The first-order chi connectivity index (χ1) is 9.50. The van der Waals surface area contributed by atoms with E-state index < -0.39 is 0 Å². The van der Waals surface area contributed by atoms with Crippen molar-refractivity contribution >= 4 is 6.29 Å². The van der Waals surface area contributed by atoms with Crippen molar-refractivity contribution in [1.82, 2.24) is 0 Å². The molecule has 0 aliphatic rings. The number of hydrogen-bond donors (Lipinski definition) is 0. The first kappa shape index (κ1) is 14.3. The molecule has 0 atom stereocenters. The maximum atomic E-state index is 10.9. The van der Waals surface area contributed by atoms with Crippen LogP contribution in [0.5, 0.6) is 5.75 Å². The zero-order valence-corrected chi connectivity index (χ0v) is 12.2. The molecule has 104 valence electrons. The van der Waals surface area contributed by atoms with Gasteiger partial charge in [-0.1, -0.05) is 51.1 Å². The molecular weight excluding hydrogens is 248 g/mol. The van der Waals surface area contributed by atoms with Gasteiger partial charge < -0.3 is 4.74 Å². The summed E-state index contributed by atoms with van der Waals surface area (Å²) in [6, 6.07) is 15.6. The molecule has 2 aromatic carbocycles. The third kappa shape index (κ3) is 3.47. The molecule has 2 aromatic rings. The number of benzene rings is 2. The number of carbonyl (C=O) groups excluding carboxylic acids is 1. The van der Waals surface area contributed by atoms with E-state index in [9.17, 15) is 4.79 Å². The molecule has 0 spiro atoms. The van der Waals surface area contributed by atoms with E-state index in [0.717, 1.165) is 23.2 Å². The van der Waals surface area contributed by atoms with Crippen molar-refractivity contribution in [3.8, 4) is 5.75 Å². The standard InChI is InChI=1S/C18H20O2/c1-18(2,3)16-11-15(12-19)9-10-17(16)20-13-14-7-5-4-6-8-14/h4-12H,13H2,1-3H3. The number of ether oxygens (including phenoxy) is 1. The second-order valence-electron chi connectivity index (χ2n) is 5.90. The maximum Gasteiger partial charge on any atom is 0.150 e.